The van der Waals surface area contributed by atoms with Crippen molar-refractivity contribution in [2.24, 2.45) is 4.99 Å². The van der Waals surface area contributed by atoms with Crippen LogP contribution >= 0.6 is 22.6 Å². The van der Waals surface area contributed by atoms with Crippen LogP contribution in [-0.2, 0) is 0 Å². The van der Waals surface area contributed by atoms with Gasteiger partial charge in [-0.2, -0.15) is 10.5 Å². The Bertz CT molecular complexity index is 920. The van der Waals surface area contributed by atoms with E-state index in [1.807, 2.05) is 36.5 Å². The molecule has 1 unspecified atom stereocenters. The molecule has 1 aromatic heterocycles. The molecular formula is C15H11IN8. The number of nitrogens with one attached hydrogen (secondary N) is 2. The zero-order chi connectivity index (χ0) is 17.3. The van der Waals surface area contributed by atoms with Crippen LogP contribution in [0.5, 0.6) is 0 Å². The van der Waals surface area contributed by atoms with Gasteiger partial charge in [-0.15, -0.1) is 0 Å². The highest BCUT2D eigenvalue weighted by Gasteiger charge is 2.29. The number of guanidine groups is 1. The van der Waals surface area contributed by atoms with Gasteiger partial charge >= 0.3 is 0 Å². The van der Waals surface area contributed by atoms with E-state index in [4.69, 9.17) is 16.7 Å². The lowest BCUT2D eigenvalue weighted by atomic mass is 9.95. The van der Waals surface area contributed by atoms with Crippen LogP contribution in [0.15, 0.2) is 29.3 Å². The highest BCUT2D eigenvalue weighted by atomic mass is 127. The average molecular weight is 430 g/mol. The van der Waals surface area contributed by atoms with Crippen LogP contribution in [0.25, 0.3) is 0 Å². The molecule has 0 fully saturated rings. The Morgan fingerprint density at radius 3 is 2.54 bits per heavy atom. The second-order valence-electron chi connectivity index (χ2n) is 4.95. The van der Waals surface area contributed by atoms with E-state index in [1.165, 1.54) is 0 Å². The van der Waals surface area contributed by atoms with Gasteiger partial charge in [-0.1, -0.05) is 12.1 Å². The Balaban J connectivity index is 2.23. The Morgan fingerprint density at radius 1 is 1.21 bits per heavy atom. The van der Waals surface area contributed by atoms with Crippen molar-refractivity contribution < 1.29 is 0 Å². The summed E-state index contributed by atoms with van der Waals surface area (Å²) in [4.78, 5) is 8.68. The van der Waals surface area contributed by atoms with Crippen molar-refractivity contribution in [3.05, 3.63) is 44.5 Å². The van der Waals surface area contributed by atoms with E-state index in [-0.39, 0.29) is 23.0 Å². The second kappa shape index (κ2) is 6.22. The number of benzene rings is 1. The number of hydrogen-bond donors (Lipinski definition) is 4. The Hall–Kier alpha value is -3.05. The van der Waals surface area contributed by atoms with Gasteiger partial charge in [0, 0.05) is 9.13 Å². The van der Waals surface area contributed by atoms with Crippen LogP contribution in [0.1, 0.15) is 22.7 Å². The average Bonchev–Trinajstić information content (AvgIpc) is 2.55. The number of pyridine rings is 1. The molecule has 0 bridgehead atoms. The van der Waals surface area contributed by atoms with Crippen molar-refractivity contribution >= 4 is 45.9 Å². The number of nitrogens with zero attached hydrogens (tertiary/aromatic N) is 4. The molecule has 1 aromatic carbocycles. The molecule has 0 aliphatic carbocycles. The molecule has 9 heteroatoms. The van der Waals surface area contributed by atoms with Gasteiger partial charge in [-0.25, -0.2) is 9.98 Å². The van der Waals surface area contributed by atoms with E-state index < -0.39 is 6.04 Å². The normalized spacial score (nSPS) is 15.3. The molecule has 24 heavy (non-hydrogen) atoms. The van der Waals surface area contributed by atoms with Crippen molar-refractivity contribution in [3.8, 4) is 12.3 Å². The molecule has 2 heterocycles. The van der Waals surface area contributed by atoms with Crippen LogP contribution in [0, 0.1) is 26.4 Å². The van der Waals surface area contributed by atoms with Gasteiger partial charge in [-0.05, 0) is 40.3 Å². The molecule has 0 saturated carbocycles. The minimum atomic E-state index is -0.505. The summed E-state index contributed by atoms with van der Waals surface area (Å²) in [5, 5.41) is 23.5. The summed E-state index contributed by atoms with van der Waals surface area (Å²) in [7, 11) is 0. The third-order valence-corrected chi connectivity index (χ3v) is 4.26. The minimum Gasteiger partial charge on any atom is -0.397 e. The predicted molar refractivity (Wildman–Crippen MR) is 98.6 cm³/mol. The van der Waals surface area contributed by atoms with Gasteiger partial charge in [0.1, 0.15) is 29.3 Å². The number of aliphatic imine (C=N–C) groups is 1. The van der Waals surface area contributed by atoms with Crippen LogP contribution < -0.4 is 22.1 Å². The van der Waals surface area contributed by atoms with E-state index in [0.717, 1.165) is 9.13 Å². The molecule has 118 valence electrons. The van der Waals surface area contributed by atoms with Crippen molar-refractivity contribution in [2.45, 2.75) is 6.04 Å². The molecule has 0 amide bonds. The van der Waals surface area contributed by atoms with Crippen molar-refractivity contribution in [1.82, 2.24) is 10.3 Å². The smallest absolute Gasteiger partial charge is 0.211 e. The molecule has 1 aliphatic heterocycles. The number of fused-ring (bicyclic) bond motifs is 1. The first kappa shape index (κ1) is 15.8. The monoisotopic (exact) mass is 430 g/mol. The standard InChI is InChI=1S/C15H11IN8/c16-8-3-1-7(2-4-8)12-10-11(19)9(5-17)13(20)23-14(10)24-15(22-12)21-6-18/h1-4,12H,(H6,19,20,21,22,23,24). The van der Waals surface area contributed by atoms with Gasteiger partial charge in [0.15, 0.2) is 6.19 Å². The number of nitrogens with two attached hydrogens (primary N) is 2. The topological polar surface area (TPSA) is 149 Å². The van der Waals surface area contributed by atoms with Gasteiger partial charge in [0.2, 0.25) is 5.96 Å². The molecule has 0 radical (unpaired) electrons. The molecule has 1 aliphatic rings. The summed E-state index contributed by atoms with van der Waals surface area (Å²) >= 11 is 2.21. The predicted octanol–water partition coefficient (Wildman–Crippen LogP) is 1.66. The third-order valence-electron chi connectivity index (χ3n) is 3.54. The maximum absolute atomic E-state index is 9.27. The van der Waals surface area contributed by atoms with E-state index in [0.29, 0.717) is 11.4 Å². The first-order chi connectivity index (χ1) is 11.5. The summed E-state index contributed by atoms with van der Waals surface area (Å²) in [6.07, 6.45) is 1.81. The number of aromatic nitrogens is 1. The zero-order valence-corrected chi connectivity index (χ0v) is 14.4. The van der Waals surface area contributed by atoms with Crippen molar-refractivity contribution in [3.63, 3.8) is 0 Å². The van der Waals surface area contributed by atoms with Gasteiger partial charge in [0.25, 0.3) is 0 Å². The van der Waals surface area contributed by atoms with Crippen LogP contribution in [0.2, 0.25) is 0 Å². The highest BCUT2D eigenvalue weighted by molar-refractivity contribution is 14.1. The number of nitriles is 2. The minimum absolute atomic E-state index is 0.0285. The maximum Gasteiger partial charge on any atom is 0.211 e. The van der Waals surface area contributed by atoms with Crippen LogP contribution in [0.3, 0.4) is 0 Å². The van der Waals surface area contributed by atoms with E-state index in [2.05, 4.69) is 43.2 Å². The third kappa shape index (κ3) is 2.66. The Morgan fingerprint density at radius 2 is 1.92 bits per heavy atom. The molecule has 8 nitrogen and oxygen atoms in total. The highest BCUT2D eigenvalue weighted by Crippen LogP contribution is 2.40. The molecule has 3 rings (SSSR count). The van der Waals surface area contributed by atoms with Crippen LogP contribution in [0.4, 0.5) is 17.3 Å². The first-order valence-corrected chi connectivity index (χ1v) is 7.87. The first-order valence-electron chi connectivity index (χ1n) is 6.79. The lowest BCUT2D eigenvalue weighted by Gasteiger charge is -2.26. The Kier molecular flexibility index (Phi) is 4.10. The summed E-state index contributed by atoms with van der Waals surface area (Å²) < 4.78 is 1.07. The molecule has 0 saturated heterocycles. The molecule has 6 N–H and O–H groups in total. The second-order valence-corrected chi connectivity index (χ2v) is 6.20. The zero-order valence-electron chi connectivity index (χ0n) is 12.2. The SMILES string of the molecule is N#CNC1=NC(c2ccc(I)cc2)c2c(nc(N)c(C#N)c2N)N1. The largest absolute Gasteiger partial charge is 0.397 e. The molecule has 1 atom stereocenters. The van der Waals surface area contributed by atoms with Gasteiger partial charge < -0.3 is 16.8 Å². The van der Waals surface area contributed by atoms with E-state index in [9.17, 15) is 5.26 Å². The molecule has 2 aromatic rings. The van der Waals surface area contributed by atoms with E-state index in [1.54, 1.807) is 0 Å². The lowest BCUT2D eigenvalue weighted by Crippen LogP contribution is -2.32. The number of anilines is 3. The summed E-state index contributed by atoms with van der Waals surface area (Å²) in [5.41, 5.74) is 13.7. The fraction of sp³-hybridized carbons (Fsp3) is 0.0667. The van der Waals surface area contributed by atoms with Crippen molar-refractivity contribution in [1.29, 1.82) is 10.5 Å². The number of rotatable bonds is 1. The van der Waals surface area contributed by atoms with Gasteiger partial charge in [-0.3, -0.25) is 5.32 Å². The molecular weight excluding hydrogens is 419 g/mol. The van der Waals surface area contributed by atoms with Crippen molar-refractivity contribution in [2.75, 3.05) is 16.8 Å². The maximum atomic E-state index is 9.27. The fourth-order valence-electron chi connectivity index (χ4n) is 2.47. The summed E-state index contributed by atoms with van der Waals surface area (Å²) in [6.45, 7) is 0. The number of halogens is 1. The quantitative estimate of drug-likeness (QED) is 0.305. The molecule has 0 spiro atoms. The number of hydrogen-bond acceptors (Lipinski definition) is 8. The van der Waals surface area contributed by atoms with Gasteiger partial charge in [0.05, 0.1) is 5.69 Å². The fourth-order valence-corrected chi connectivity index (χ4v) is 2.83. The van der Waals surface area contributed by atoms with Crippen LogP contribution in [-0.4, -0.2) is 10.9 Å². The van der Waals surface area contributed by atoms with E-state index >= 15 is 0 Å². The summed E-state index contributed by atoms with van der Waals surface area (Å²) in [5.74, 6) is 0.644. The number of nitrogen functional groups attached to an aromatic ring is 2. The lowest BCUT2D eigenvalue weighted by molar-refractivity contribution is 0.846. The summed E-state index contributed by atoms with van der Waals surface area (Å²) in [6, 6.07) is 9.18. The Labute approximate surface area is 151 Å².